The van der Waals surface area contributed by atoms with Gasteiger partial charge in [-0.25, -0.2) is 4.79 Å². The van der Waals surface area contributed by atoms with Crippen molar-refractivity contribution in [1.29, 1.82) is 5.26 Å². The normalized spacial score (nSPS) is 10.1. The van der Waals surface area contributed by atoms with Crippen molar-refractivity contribution in [2.75, 3.05) is 13.2 Å². The van der Waals surface area contributed by atoms with Crippen LogP contribution < -0.4 is 4.74 Å². The second-order valence-electron chi connectivity index (χ2n) is 5.18. The summed E-state index contributed by atoms with van der Waals surface area (Å²) in [6.45, 7) is 0.414. The lowest BCUT2D eigenvalue weighted by molar-refractivity contribution is 0.0450. The van der Waals surface area contributed by atoms with Gasteiger partial charge in [0.2, 0.25) is 0 Å². The number of esters is 1. The smallest absolute Gasteiger partial charge is 0.338 e. The molecule has 3 aromatic rings. The second kappa shape index (κ2) is 7.30. The first kappa shape index (κ1) is 15.6. The Balaban J connectivity index is 1.52. The summed E-state index contributed by atoms with van der Waals surface area (Å²) < 4.78 is 10.7. The number of hydrogen-bond donors (Lipinski definition) is 0. The molecule has 0 fully saturated rings. The van der Waals surface area contributed by atoms with E-state index >= 15 is 0 Å². The number of nitriles is 1. The lowest BCUT2D eigenvalue weighted by atomic mass is 10.1. The maximum absolute atomic E-state index is 12.1. The van der Waals surface area contributed by atoms with E-state index in [9.17, 15) is 4.79 Å². The highest BCUT2D eigenvalue weighted by Gasteiger charge is 2.07. The number of ether oxygens (including phenoxy) is 2. The van der Waals surface area contributed by atoms with Crippen molar-refractivity contribution in [3.63, 3.8) is 0 Å². The highest BCUT2D eigenvalue weighted by Crippen LogP contribution is 2.16. The monoisotopic (exact) mass is 317 g/mol. The van der Waals surface area contributed by atoms with Gasteiger partial charge in [0.05, 0.1) is 17.2 Å². The molecule has 0 unspecified atom stereocenters. The molecule has 0 saturated heterocycles. The Bertz CT molecular complexity index is 895. The van der Waals surface area contributed by atoms with E-state index in [0.717, 1.165) is 10.8 Å². The fraction of sp³-hybridized carbons (Fsp3) is 0.100. The summed E-state index contributed by atoms with van der Waals surface area (Å²) in [5.74, 6) is 0.264. The van der Waals surface area contributed by atoms with Gasteiger partial charge in [0.25, 0.3) is 0 Å². The molecule has 3 aromatic carbocycles. The quantitative estimate of drug-likeness (QED) is 0.528. The highest BCUT2D eigenvalue weighted by atomic mass is 16.6. The Labute approximate surface area is 139 Å². The Morgan fingerprint density at radius 2 is 1.67 bits per heavy atom. The van der Waals surface area contributed by atoms with Crippen LogP contribution in [0.2, 0.25) is 0 Å². The average molecular weight is 317 g/mol. The van der Waals surface area contributed by atoms with E-state index in [2.05, 4.69) is 0 Å². The van der Waals surface area contributed by atoms with Crippen LogP contribution >= 0.6 is 0 Å². The summed E-state index contributed by atoms with van der Waals surface area (Å²) in [4.78, 5) is 12.1. The largest absolute Gasteiger partial charge is 0.490 e. The molecule has 0 atom stereocenters. The van der Waals surface area contributed by atoms with Crippen molar-refractivity contribution in [1.82, 2.24) is 0 Å². The molecule has 0 aliphatic carbocycles. The summed E-state index contributed by atoms with van der Waals surface area (Å²) >= 11 is 0. The zero-order valence-electron chi connectivity index (χ0n) is 12.9. The van der Waals surface area contributed by atoms with E-state index in [0.29, 0.717) is 16.9 Å². The zero-order valence-corrected chi connectivity index (χ0v) is 12.9. The molecule has 0 N–H and O–H groups in total. The van der Waals surface area contributed by atoms with Crippen LogP contribution in [0.5, 0.6) is 5.75 Å². The number of carbonyl (C=O) groups is 1. The molecule has 4 nitrogen and oxygen atoms in total. The molecule has 0 radical (unpaired) electrons. The minimum absolute atomic E-state index is 0.158. The zero-order chi connectivity index (χ0) is 16.8. The molecule has 0 amide bonds. The summed E-state index contributed by atoms with van der Waals surface area (Å²) in [5.41, 5.74) is 1.09. The predicted octanol–water partition coefficient (Wildman–Crippen LogP) is 3.95. The third-order valence-electron chi connectivity index (χ3n) is 3.55. The van der Waals surface area contributed by atoms with E-state index in [1.54, 1.807) is 30.3 Å². The van der Waals surface area contributed by atoms with Gasteiger partial charge in [-0.15, -0.1) is 0 Å². The van der Waals surface area contributed by atoms with Crippen LogP contribution in [0.25, 0.3) is 10.8 Å². The minimum Gasteiger partial charge on any atom is -0.490 e. The van der Waals surface area contributed by atoms with Gasteiger partial charge in [0.1, 0.15) is 19.0 Å². The fourth-order valence-electron chi connectivity index (χ4n) is 2.32. The molecule has 0 aliphatic rings. The summed E-state index contributed by atoms with van der Waals surface area (Å²) in [5, 5.41) is 10.8. The van der Waals surface area contributed by atoms with Crippen molar-refractivity contribution >= 4 is 16.7 Å². The van der Waals surface area contributed by atoms with Crippen molar-refractivity contribution in [2.45, 2.75) is 0 Å². The molecule has 118 valence electrons. The maximum atomic E-state index is 12.1. The maximum Gasteiger partial charge on any atom is 0.338 e. The average Bonchev–Trinajstić information content (AvgIpc) is 2.65. The number of hydrogen-bond acceptors (Lipinski definition) is 4. The first-order valence-electron chi connectivity index (χ1n) is 7.55. The molecule has 0 bridgehead atoms. The standard InChI is InChI=1S/C20H15NO3/c21-14-15-5-9-19(10-6-15)23-11-12-24-20(22)18-8-7-16-3-1-2-4-17(16)13-18/h1-10,13H,11-12H2. The number of carbonyl (C=O) groups excluding carboxylic acids is 1. The second-order valence-corrected chi connectivity index (χ2v) is 5.18. The molecule has 0 aromatic heterocycles. The SMILES string of the molecule is N#Cc1ccc(OCCOC(=O)c2ccc3ccccc3c2)cc1. The summed E-state index contributed by atoms with van der Waals surface area (Å²) in [6.07, 6.45) is 0. The van der Waals surface area contributed by atoms with Gasteiger partial charge in [-0.3, -0.25) is 0 Å². The number of fused-ring (bicyclic) bond motifs is 1. The Morgan fingerprint density at radius 1 is 0.917 bits per heavy atom. The van der Waals surface area contributed by atoms with Crippen molar-refractivity contribution < 1.29 is 14.3 Å². The molecule has 4 heteroatoms. The van der Waals surface area contributed by atoms with Crippen LogP contribution in [0.3, 0.4) is 0 Å². The minimum atomic E-state index is -0.371. The Hall–Kier alpha value is -3.32. The first-order valence-corrected chi connectivity index (χ1v) is 7.55. The lowest BCUT2D eigenvalue weighted by Gasteiger charge is -2.08. The van der Waals surface area contributed by atoms with E-state index in [1.807, 2.05) is 42.5 Å². The van der Waals surface area contributed by atoms with Gasteiger partial charge >= 0.3 is 5.97 Å². The first-order chi connectivity index (χ1) is 11.8. The van der Waals surface area contributed by atoms with E-state index in [-0.39, 0.29) is 19.2 Å². The van der Waals surface area contributed by atoms with Crippen molar-refractivity contribution in [3.8, 4) is 11.8 Å². The van der Waals surface area contributed by atoms with Crippen LogP contribution in [-0.4, -0.2) is 19.2 Å². The molecule has 3 rings (SSSR count). The highest BCUT2D eigenvalue weighted by molar-refractivity contribution is 5.95. The van der Waals surface area contributed by atoms with Gasteiger partial charge < -0.3 is 9.47 Å². The van der Waals surface area contributed by atoms with E-state index < -0.39 is 0 Å². The molecular weight excluding hydrogens is 302 g/mol. The number of benzene rings is 3. The summed E-state index contributed by atoms with van der Waals surface area (Å²) in [7, 11) is 0. The van der Waals surface area contributed by atoms with Crippen LogP contribution in [0, 0.1) is 11.3 Å². The Kier molecular flexibility index (Phi) is 4.73. The molecular formula is C20H15NO3. The topological polar surface area (TPSA) is 59.3 Å². The molecule has 0 aliphatic heterocycles. The van der Waals surface area contributed by atoms with Crippen LogP contribution in [0.4, 0.5) is 0 Å². The van der Waals surface area contributed by atoms with Crippen molar-refractivity contribution in [3.05, 3.63) is 77.9 Å². The van der Waals surface area contributed by atoms with Crippen molar-refractivity contribution in [2.24, 2.45) is 0 Å². The lowest BCUT2D eigenvalue weighted by Crippen LogP contribution is -2.12. The molecule has 0 saturated carbocycles. The summed E-state index contributed by atoms with van der Waals surface area (Å²) in [6, 6.07) is 22.1. The van der Waals surface area contributed by atoms with Crippen LogP contribution in [0.1, 0.15) is 15.9 Å². The molecule has 24 heavy (non-hydrogen) atoms. The van der Waals surface area contributed by atoms with Gasteiger partial charge in [-0.05, 0) is 47.2 Å². The van der Waals surface area contributed by atoms with E-state index in [4.69, 9.17) is 14.7 Å². The van der Waals surface area contributed by atoms with Crippen LogP contribution in [0.15, 0.2) is 66.7 Å². The number of nitrogens with zero attached hydrogens (tertiary/aromatic N) is 1. The van der Waals surface area contributed by atoms with E-state index in [1.165, 1.54) is 0 Å². The van der Waals surface area contributed by atoms with Gasteiger partial charge in [-0.2, -0.15) is 5.26 Å². The van der Waals surface area contributed by atoms with Gasteiger partial charge in [0, 0.05) is 0 Å². The van der Waals surface area contributed by atoms with Gasteiger partial charge in [0.15, 0.2) is 0 Å². The molecule has 0 heterocycles. The Morgan fingerprint density at radius 3 is 2.42 bits per heavy atom. The third kappa shape index (κ3) is 3.71. The van der Waals surface area contributed by atoms with Gasteiger partial charge in [-0.1, -0.05) is 30.3 Å². The third-order valence-corrected chi connectivity index (χ3v) is 3.55. The fourth-order valence-corrected chi connectivity index (χ4v) is 2.32. The number of rotatable bonds is 5. The van der Waals surface area contributed by atoms with Crippen LogP contribution in [-0.2, 0) is 4.74 Å². The predicted molar refractivity (Wildman–Crippen MR) is 90.9 cm³/mol. The molecule has 0 spiro atoms.